The number of halogens is 3. The molecule has 0 radical (unpaired) electrons. The van der Waals surface area contributed by atoms with Crippen molar-refractivity contribution in [1.82, 2.24) is 4.90 Å². The van der Waals surface area contributed by atoms with Gasteiger partial charge in [0.1, 0.15) is 12.4 Å². The molecule has 0 aliphatic heterocycles. The summed E-state index contributed by atoms with van der Waals surface area (Å²) in [6.45, 7) is 0.990. The minimum absolute atomic E-state index is 0.141. The molecule has 2 aromatic carbocycles. The van der Waals surface area contributed by atoms with Crippen molar-refractivity contribution < 1.29 is 23.0 Å². The average molecular weight is 337 g/mol. The molecule has 6 heteroatoms. The van der Waals surface area contributed by atoms with E-state index in [1.165, 1.54) is 18.2 Å². The van der Waals surface area contributed by atoms with Gasteiger partial charge in [-0.05, 0) is 37.4 Å². The van der Waals surface area contributed by atoms with E-state index in [0.717, 1.165) is 0 Å². The van der Waals surface area contributed by atoms with Gasteiger partial charge in [-0.15, -0.1) is 0 Å². The minimum Gasteiger partial charge on any atom is -0.492 e. The van der Waals surface area contributed by atoms with Gasteiger partial charge in [0.15, 0.2) is 0 Å². The Morgan fingerprint density at radius 2 is 1.71 bits per heavy atom. The van der Waals surface area contributed by atoms with Gasteiger partial charge in [-0.3, -0.25) is 0 Å². The molecular formula is C18H18F3NO2. The summed E-state index contributed by atoms with van der Waals surface area (Å²) in [5.41, 5.74) is -2.56. The van der Waals surface area contributed by atoms with Crippen molar-refractivity contribution in [2.24, 2.45) is 0 Å². The number of nitrogens with zero attached hydrogens (tertiary/aromatic N) is 1. The third-order valence-electron chi connectivity index (χ3n) is 4.21. The van der Waals surface area contributed by atoms with Crippen LogP contribution in [0.2, 0.25) is 0 Å². The third-order valence-corrected chi connectivity index (χ3v) is 4.21. The van der Waals surface area contributed by atoms with E-state index in [1.807, 2.05) is 19.0 Å². The summed E-state index contributed by atoms with van der Waals surface area (Å²) >= 11 is 0. The lowest BCUT2D eigenvalue weighted by Gasteiger charge is -2.28. The summed E-state index contributed by atoms with van der Waals surface area (Å²) in [6, 6.07) is 10.6. The number of fused-ring (bicyclic) bond motifs is 3. The number of benzene rings is 2. The van der Waals surface area contributed by atoms with Crippen molar-refractivity contribution in [2.75, 3.05) is 27.2 Å². The van der Waals surface area contributed by atoms with Crippen molar-refractivity contribution >= 4 is 0 Å². The van der Waals surface area contributed by atoms with Crippen LogP contribution in [0.1, 0.15) is 11.1 Å². The van der Waals surface area contributed by atoms with E-state index in [2.05, 4.69) is 0 Å². The second-order valence-electron chi connectivity index (χ2n) is 6.11. The summed E-state index contributed by atoms with van der Waals surface area (Å²) in [5, 5.41) is 10.6. The molecule has 0 aromatic heterocycles. The lowest BCUT2D eigenvalue weighted by molar-refractivity contribution is -0.246. The lowest BCUT2D eigenvalue weighted by Crippen LogP contribution is -2.41. The Kier molecular flexibility index (Phi) is 4.05. The molecular weight excluding hydrogens is 319 g/mol. The number of rotatable bonds is 4. The Hall–Kier alpha value is -2.05. The summed E-state index contributed by atoms with van der Waals surface area (Å²) in [4.78, 5) is 1.91. The van der Waals surface area contributed by atoms with Gasteiger partial charge in [0, 0.05) is 17.7 Å². The van der Waals surface area contributed by atoms with Crippen molar-refractivity contribution in [3.63, 3.8) is 0 Å². The van der Waals surface area contributed by atoms with E-state index >= 15 is 0 Å². The Bertz CT molecular complexity index is 758. The Labute approximate surface area is 138 Å². The first-order valence-electron chi connectivity index (χ1n) is 7.56. The van der Waals surface area contributed by atoms with Crippen LogP contribution >= 0.6 is 0 Å². The molecule has 0 heterocycles. The highest BCUT2D eigenvalue weighted by Crippen LogP contribution is 2.55. The molecule has 1 aliphatic carbocycles. The van der Waals surface area contributed by atoms with Crippen LogP contribution in [0.5, 0.6) is 5.75 Å². The topological polar surface area (TPSA) is 32.7 Å². The summed E-state index contributed by atoms with van der Waals surface area (Å²) in [5.74, 6) is 0.311. The molecule has 2 aromatic rings. The zero-order valence-corrected chi connectivity index (χ0v) is 13.4. The van der Waals surface area contributed by atoms with E-state index < -0.39 is 11.8 Å². The molecule has 1 aliphatic rings. The van der Waals surface area contributed by atoms with Gasteiger partial charge in [-0.1, -0.05) is 30.3 Å². The maximum absolute atomic E-state index is 13.7. The van der Waals surface area contributed by atoms with Crippen LogP contribution in [-0.4, -0.2) is 43.4 Å². The predicted octanol–water partition coefficient (Wildman–Crippen LogP) is 3.41. The number of hydrogen-bond acceptors (Lipinski definition) is 3. The number of hydrogen-bond donors (Lipinski definition) is 1. The van der Waals surface area contributed by atoms with E-state index in [0.29, 0.717) is 30.0 Å². The highest BCUT2D eigenvalue weighted by Gasteiger charge is 2.60. The summed E-state index contributed by atoms with van der Waals surface area (Å²) < 4.78 is 46.6. The van der Waals surface area contributed by atoms with Crippen molar-refractivity contribution in [2.45, 2.75) is 11.8 Å². The summed E-state index contributed by atoms with van der Waals surface area (Å²) in [6.07, 6.45) is -4.82. The molecule has 128 valence electrons. The zero-order valence-electron chi connectivity index (χ0n) is 13.4. The van der Waals surface area contributed by atoms with Crippen molar-refractivity contribution in [1.29, 1.82) is 0 Å². The second-order valence-corrected chi connectivity index (χ2v) is 6.11. The molecule has 0 spiro atoms. The van der Waals surface area contributed by atoms with E-state index in [4.69, 9.17) is 4.74 Å². The monoisotopic (exact) mass is 337 g/mol. The molecule has 1 N–H and O–H groups in total. The normalized spacial score (nSPS) is 19.3. The van der Waals surface area contributed by atoms with Crippen LogP contribution in [0.25, 0.3) is 11.1 Å². The Balaban J connectivity index is 2.05. The second kappa shape index (κ2) is 5.79. The molecule has 1 unspecified atom stereocenters. The predicted molar refractivity (Wildman–Crippen MR) is 85.0 cm³/mol. The van der Waals surface area contributed by atoms with Crippen LogP contribution in [0.4, 0.5) is 13.2 Å². The van der Waals surface area contributed by atoms with Gasteiger partial charge in [-0.2, -0.15) is 13.2 Å². The van der Waals surface area contributed by atoms with Crippen molar-refractivity contribution in [3.8, 4) is 16.9 Å². The van der Waals surface area contributed by atoms with E-state index in [1.54, 1.807) is 24.3 Å². The fraction of sp³-hybridized carbons (Fsp3) is 0.333. The van der Waals surface area contributed by atoms with Crippen LogP contribution in [0.15, 0.2) is 42.5 Å². The van der Waals surface area contributed by atoms with Gasteiger partial charge >= 0.3 is 6.18 Å². The van der Waals surface area contributed by atoms with Crippen molar-refractivity contribution in [3.05, 3.63) is 53.6 Å². The van der Waals surface area contributed by atoms with E-state index in [9.17, 15) is 18.3 Å². The minimum atomic E-state index is -4.82. The van der Waals surface area contributed by atoms with Gasteiger partial charge in [0.05, 0.1) is 0 Å². The van der Waals surface area contributed by atoms with Gasteiger partial charge in [0.25, 0.3) is 0 Å². The fourth-order valence-corrected chi connectivity index (χ4v) is 2.98. The third kappa shape index (κ3) is 2.56. The molecule has 1 atom stereocenters. The van der Waals surface area contributed by atoms with Crippen LogP contribution in [0, 0.1) is 0 Å². The molecule has 3 nitrogen and oxygen atoms in total. The first-order valence-corrected chi connectivity index (χ1v) is 7.56. The SMILES string of the molecule is CN(C)CCOc1ccc2c(c1)C(O)(C(F)(F)F)c1ccccc1-2. The van der Waals surface area contributed by atoms with Gasteiger partial charge < -0.3 is 14.7 Å². The molecule has 0 saturated heterocycles. The van der Waals surface area contributed by atoms with E-state index in [-0.39, 0.29) is 11.1 Å². The Morgan fingerprint density at radius 3 is 2.38 bits per heavy atom. The standard InChI is InChI=1S/C18H18F3NO2/c1-22(2)9-10-24-12-7-8-14-13-5-3-4-6-15(13)17(23,16(14)11-12)18(19,20)21/h3-8,11,23H,9-10H2,1-2H3. The highest BCUT2D eigenvalue weighted by atomic mass is 19.4. The number of ether oxygens (including phenoxy) is 1. The van der Waals surface area contributed by atoms with Crippen LogP contribution in [-0.2, 0) is 5.60 Å². The van der Waals surface area contributed by atoms with Gasteiger partial charge in [-0.25, -0.2) is 0 Å². The maximum atomic E-state index is 13.7. The number of alkyl halides is 3. The quantitative estimate of drug-likeness (QED) is 0.928. The van der Waals surface area contributed by atoms with Gasteiger partial charge in [0.2, 0.25) is 5.60 Å². The Morgan fingerprint density at radius 1 is 1.04 bits per heavy atom. The first kappa shape index (κ1) is 16.8. The largest absolute Gasteiger partial charge is 0.492 e. The zero-order chi connectivity index (χ0) is 17.5. The molecule has 3 rings (SSSR count). The molecule has 0 saturated carbocycles. The lowest BCUT2D eigenvalue weighted by atomic mass is 9.91. The maximum Gasteiger partial charge on any atom is 0.425 e. The fourth-order valence-electron chi connectivity index (χ4n) is 2.98. The molecule has 0 bridgehead atoms. The average Bonchev–Trinajstić information content (AvgIpc) is 2.78. The van der Waals surface area contributed by atoms with Crippen LogP contribution < -0.4 is 4.74 Å². The van der Waals surface area contributed by atoms with Crippen LogP contribution in [0.3, 0.4) is 0 Å². The smallest absolute Gasteiger partial charge is 0.425 e. The number of aliphatic hydroxyl groups is 1. The summed E-state index contributed by atoms with van der Waals surface area (Å²) in [7, 11) is 3.76. The molecule has 24 heavy (non-hydrogen) atoms. The first-order chi connectivity index (χ1) is 11.2. The highest BCUT2D eigenvalue weighted by molar-refractivity contribution is 5.81. The molecule has 0 fully saturated rings. The number of likely N-dealkylation sites (N-methyl/N-ethyl adjacent to an activating group) is 1. The molecule has 0 amide bonds.